The minimum Gasteiger partial charge on any atom is -0.414 e. The summed E-state index contributed by atoms with van der Waals surface area (Å²) in [6, 6.07) is 34.2. The standard InChI is InChI=1S/C24H19BClNO/c26-22-16-14-19(15-17-22)24(23-13-7-8-18-27-23)28-25(20-9-3-1-4-10-20)21-11-5-2-6-12-21/h1-18,24H. The molecule has 1 atom stereocenters. The highest BCUT2D eigenvalue weighted by Gasteiger charge is 2.27. The molecule has 28 heavy (non-hydrogen) atoms. The molecule has 0 saturated carbocycles. The molecule has 1 aromatic heterocycles. The summed E-state index contributed by atoms with van der Waals surface area (Å²) >= 11 is 6.10. The number of pyridine rings is 1. The van der Waals surface area contributed by atoms with Gasteiger partial charge in [-0.05, 0) is 40.8 Å². The molecule has 136 valence electrons. The van der Waals surface area contributed by atoms with Gasteiger partial charge in [0.05, 0.1) is 5.69 Å². The van der Waals surface area contributed by atoms with Crippen LogP contribution in [0.4, 0.5) is 0 Å². The number of halogens is 1. The minimum absolute atomic E-state index is 0.218. The van der Waals surface area contributed by atoms with Crippen molar-refractivity contribution in [2.75, 3.05) is 0 Å². The fourth-order valence-electron chi connectivity index (χ4n) is 3.23. The zero-order valence-corrected chi connectivity index (χ0v) is 16.0. The van der Waals surface area contributed by atoms with Crippen LogP contribution in [-0.2, 0) is 4.65 Å². The molecule has 2 nitrogen and oxygen atoms in total. The third-order valence-electron chi connectivity index (χ3n) is 4.61. The van der Waals surface area contributed by atoms with E-state index in [9.17, 15) is 0 Å². The summed E-state index contributed by atoms with van der Waals surface area (Å²) in [4.78, 5) is 4.56. The quantitative estimate of drug-likeness (QED) is 0.452. The maximum absolute atomic E-state index is 6.73. The number of hydrogen-bond acceptors (Lipinski definition) is 2. The summed E-state index contributed by atoms with van der Waals surface area (Å²) < 4.78 is 6.73. The summed E-state index contributed by atoms with van der Waals surface area (Å²) in [6.07, 6.45) is 1.48. The van der Waals surface area contributed by atoms with Crippen molar-refractivity contribution >= 4 is 29.4 Å². The second-order valence-corrected chi connectivity index (χ2v) is 6.96. The van der Waals surface area contributed by atoms with Crippen molar-refractivity contribution in [3.8, 4) is 0 Å². The smallest absolute Gasteiger partial charge is 0.362 e. The van der Waals surface area contributed by atoms with Crippen LogP contribution in [0, 0.1) is 0 Å². The molecule has 0 saturated heterocycles. The van der Waals surface area contributed by atoms with Crippen molar-refractivity contribution in [1.82, 2.24) is 4.98 Å². The van der Waals surface area contributed by atoms with Gasteiger partial charge >= 0.3 is 6.92 Å². The average molecular weight is 384 g/mol. The number of hydrogen-bond donors (Lipinski definition) is 0. The molecular formula is C24H19BClNO. The molecule has 0 amide bonds. The van der Waals surface area contributed by atoms with Crippen molar-refractivity contribution in [2.24, 2.45) is 0 Å². The topological polar surface area (TPSA) is 22.1 Å². The van der Waals surface area contributed by atoms with Crippen LogP contribution < -0.4 is 10.9 Å². The molecule has 0 N–H and O–H groups in total. The Kier molecular flexibility index (Phi) is 5.86. The van der Waals surface area contributed by atoms with Crippen LogP contribution in [-0.4, -0.2) is 11.9 Å². The molecule has 4 rings (SSSR count). The monoisotopic (exact) mass is 383 g/mol. The number of aromatic nitrogens is 1. The zero-order chi connectivity index (χ0) is 19.2. The SMILES string of the molecule is Clc1ccc(C(OB(c2ccccc2)c2ccccc2)c2ccccn2)cc1. The third kappa shape index (κ3) is 4.33. The first-order chi connectivity index (χ1) is 13.8. The fraction of sp³-hybridized carbons (Fsp3) is 0.0417. The van der Waals surface area contributed by atoms with E-state index in [4.69, 9.17) is 16.3 Å². The van der Waals surface area contributed by atoms with E-state index in [0.717, 1.165) is 22.2 Å². The third-order valence-corrected chi connectivity index (χ3v) is 4.86. The first kappa shape index (κ1) is 18.5. The summed E-state index contributed by atoms with van der Waals surface area (Å²) in [5.41, 5.74) is 4.08. The molecule has 3 aromatic carbocycles. The van der Waals surface area contributed by atoms with Gasteiger partial charge in [0, 0.05) is 11.2 Å². The van der Waals surface area contributed by atoms with E-state index in [-0.39, 0.29) is 13.0 Å². The number of benzene rings is 3. The van der Waals surface area contributed by atoms with Crippen LogP contribution in [0.5, 0.6) is 0 Å². The van der Waals surface area contributed by atoms with E-state index in [1.54, 1.807) is 6.20 Å². The van der Waals surface area contributed by atoms with E-state index in [0.29, 0.717) is 5.02 Å². The Morgan fingerprint density at radius 3 is 1.79 bits per heavy atom. The van der Waals surface area contributed by atoms with Crippen LogP contribution >= 0.6 is 11.6 Å². The van der Waals surface area contributed by atoms with Crippen molar-refractivity contribution in [3.63, 3.8) is 0 Å². The van der Waals surface area contributed by atoms with Crippen molar-refractivity contribution in [1.29, 1.82) is 0 Å². The van der Waals surface area contributed by atoms with E-state index in [1.165, 1.54) is 0 Å². The van der Waals surface area contributed by atoms with Crippen LogP contribution in [0.2, 0.25) is 5.02 Å². The van der Waals surface area contributed by atoms with E-state index in [1.807, 2.05) is 78.9 Å². The maximum Gasteiger partial charge on any atom is 0.362 e. The Morgan fingerprint density at radius 1 is 0.679 bits per heavy atom. The van der Waals surface area contributed by atoms with Crippen LogP contribution in [0.3, 0.4) is 0 Å². The maximum atomic E-state index is 6.73. The van der Waals surface area contributed by atoms with Gasteiger partial charge in [0.15, 0.2) is 0 Å². The Balaban J connectivity index is 1.77. The lowest BCUT2D eigenvalue weighted by atomic mass is 9.55. The summed E-state index contributed by atoms with van der Waals surface area (Å²) in [7, 11) is 0. The predicted octanol–water partition coefficient (Wildman–Crippen LogP) is 4.65. The summed E-state index contributed by atoms with van der Waals surface area (Å²) in [5, 5.41) is 0.700. The molecule has 1 heterocycles. The highest BCUT2D eigenvalue weighted by molar-refractivity contribution is 6.80. The van der Waals surface area contributed by atoms with Crippen LogP contribution in [0.1, 0.15) is 17.4 Å². The largest absolute Gasteiger partial charge is 0.414 e. The van der Waals surface area contributed by atoms with E-state index in [2.05, 4.69) is 29.2 Å². The lowest BCUT2D eigenvalue weighted by Gasteiger charge is -2.24. The van der Waals surface area contributed by atoms with Crippen LogP contribution in [0.25, 0.3) is 0 Å². The van der Waals surface area contributed by atoms with Gasteiger partial charge < -0.3 is 4.65 Å². The van der Waals surface area contributed by atoms with Gasteiger partial charge in [-0.25, -0.2) is 0 Å². The molecule has 0 fully saturated rings. The van der Waals surface area contributed by atoms with Crippen molar-refractivity contribution < 1.29 is 4.65 Å². The Bertz CT molecular complexity index is 955. The van der Waals surface area contributed by atoms with Gasteiger partial charge in [-0.15, -0.1) is 0 Å². The minimum atomic E-state index is -0.316. The first-order valence-corrected chi connectivity index (χ1v) is 9.61. The van der Waals surface area contributed by atoms with Gasteiger partial charge in [-0.3, -0.25) is 4.98 Å². The first-order valence-electron chi connectivity index (χ1n) is 9.23. The Labute approximate surface area is 170 Å². The fourth-order valence-corrected chi connectivity index (χ4v) is 3.35. The molecular weight excluding hydrogens is 365 g/mol. The highest BCUT2D eigenvalue weighted by atomic mass is 35.5. The molecule has 0 aliphatic carbocycles. The molecule has 1 unspecified atom stereocenters. The Morgan fingerprint density at radius 2 is 1.25 bits per heavy atom. The normalized spacial score (nSPS) is 11.8. The predicted molar refractivity (Wildman–Crippen MR) is 117 cm³/mol. The zero-order valence-electron chi connectivity index (χ0n) is 15.3. The molecule has 0 aliphatic heterocycles. The second kappa shape index (κ2) is 8.88. The van der Waals surface area contributed by atoms with Crippen LogP contribution in [0.15, 0.2) is 109 Å². The van der Waals surface area contributed by atoms with Crippen molar-refractivity contribution in [3.05, 3.63) is 126 Å². The lowest BCUT2D eigenvalue weighted by Crippen LogP contribution is -2.45. The number of nitrogens with zero attached hydrogens (tertiary/aromatic N) is 1. The van der Waals surface area contributed by atoms with Gasteiger partial charge in [0.2, 0.25) is 0 Å². The lowest BCUT2D eigenvalue weighted by molar-refractivity contribution is 0.253. The van der Waals surface area contributed by atoms with Gasteiger partial charge in [0.1, 0.15) is 6.10 Å². The summed E-state index contributed by atoms with van der Waals surface area (Å²) in [6.45, 7) is -0.218. The molecule has 0 bridgehead atoms. The van der Waals surface area contributed by atoms with Gasteiger partial charge in [0.25, 0.3) is 0 Å². The van der Waals surface area contributed by atoms with Gasteiger partial charge in [-0.1, -0.05) is 90.5 Å². The number of rotatable bonds is 6. The molecule has 4 aromatic rings. The molecule has 4 heteroatoms. The molecule has 0 spiro atoms. The average Bonchev–Trinajstić information content (AvgIpc) is 2.77. The van der Waals surface area contributed by atoms with Crippen molar-refractivity contribution in [2.45, 2.75) is 6.10 Å². The summed E-state index contributed by atoms with van der Waals surface area (Å²) in [5.74, 6) is 0. The second-order valence-electron chi connectivity index (χ2n) is 6.52. The van der Waals surface area contributed by atoms with E-state index >= 15 is 0 Å². The Hall–Kier alpha value is -2.88. The molecule has 0 radical (unpaired) electrons. The van der Waals surface area contributed by atoms with E-state index < -0.39 is 0 Å². The van der Waals surface area contributed by atoms with Gasteiger partial charge in [-0.2, -0.15) is 0 Å². The highest BCUT2D eigenvalue weighted by Crippen LogP contribution is 2.26. The molecule has 0 aliphatic rings.